The van der Waals surface area contributed by atoms with E-state index in [9.17, 15) is 18.0 Å². The molecule has 0 aromatic carbocycles. The lowest BCUT2D eigenvalue weighted by molar-refractivity contribution is -0.185. The zero-order valence-corrected chi connectivity index (χ0v) is 12.7. The predicted molar refractivity (Wildman–Crippen MR) is 74.0 cm³/mol. The molecule has 2 bridgehead atoms. The standard InChI is InChI=1S/C15H21ClF3NO/c16-11-7-12-5-6-13(8-11)20(12)14(21)9-1-3-10(4-2-9)15(17,18)19/h9-13H,1-8H2. The Labute approximate surface area is 128 Å². The van der Waals surface area contributed by atoms with Crippen LogP contribution in [0.2, 0.25) is 0 Å². The number of carbonyl (C=O) groups excluding carboxylic acids is 1. The molecule has 0 aromatic heterocycles. The maximum Gasteiger partial charge on any atom is 0.391 e. The molecule has 0 aromatic rings. The van der Waals surface area contributed by atoms with E-state index in [1.54, 1.807) is 0 Å². The summed E-state index contributed by atoms with van der Waals surface area (Å²) in [6.45, 7) is 0. The molecule has 0 spiro atoms. The fraction of sp³-hybridized carbons (Fsp3) is 0.933. The van der Waals surface area contributed by atoms with Gasteiger partial charge in [0, 0.05) is 23.4 Å². The van der Waals surface area contributed by atoms with Gasteiger partial charge in [-0.3, -0.25) is 4.79 Å². The minimum Gasteiger partial charge on any atom is -0.336 e. The average Bonchev–Trinajstić information content (AvgIpc) is 2.69. The smallest absolute Gasteiger partial charge is 0.336 e. The van der Waals surface area contributed by atoms with Gasteiger partial charge in [0.2, 0.25) is 5.91 Å². The highest BCUT2D eigenvalue weighted by molar-refractivity contribution is 6.20. The van der Waals surface area contributed by atoms with Gasteiger partial charge in [-0.2, -0.15) is 13.2 Å². The van der Waals surface area contributed by atoms with E-state index in [4.69, 9.17) is 11.6 Å². The molecule has 2 aliphatic heterocycles. The molecular formula is C15H21ClF3NO. The molecule has 0 radical (unpaired) electrons. The molecule has 2 nitrogen and oxygen atoms in total. The van der Waals surface area contributed by atoms with E-state index in [0.717, 1.165) is 25.7 Å². The first kappa shape index (κ1) is 15.4. The van der Waals surface area contributed by atoms with E-state index in [0.29, 0.717) is 12.8 Å². The van der Waals surface area contributed by atoms with Crippen LogP contribution in [0, 0.1) is 11.8 Å². The molecule has 3 aliphatic rings. The third kappa shape index (κ3) is 3.03. The van der Waals surface area contributed by atoms with Crippen LogP contribution in [0.25, 0.3) is 0 Å². The third-order valence-electron chi connectivity index (χ3n) is 5.47. The Kier molecular flexibility index (Phi) is 4.15. The molecule has 1 saturated carbocycles. The number of amides is 1. The first-order valence-corrected chi connectivity index (χ1v) is 8.33. The lowest BCUT2D eigenvalue weighted by atomic mass is 9.80. The average molecular weight is 324 g/mol. The Morgan fingerprint density at radius 3 is 1.95 bits per heavy atom. The molecular weight excluding hydrogens is 303 g/mol. The minimum atomic E-state index is -4.11. The molecule has 3 rings (SSSR count). The maximum absolute atomic E-state index is 12.7. The number of piperidine rings is 1. The molecule has 6 heteroatoms. The first-order chi connectivity index (χ1) is 9.86. The van der Waals surface area contributed by atoms with Gasteiger partial charge in [0.15, 0.2) is 0 Å². The first-order valence-electron chi connectivity index (χ1n) is 7.89. The van der Waals surface area contributed by atoms with Crippen molar-refractivity contribution in [3.63, 3.8) is 0 Å². The Hall–Kier alpha value is -0.450. The SMILES string of the molecule is O=C(C1CCC(C(F)(F)F)CC1)N1C2CCC1CC(Cl)C2. The van der Waals surface area contributed by atoms with Crippen LogP contribution in [0.5, 0.6) is 0 Å². The van der Waals surface area contributed by atoms with Gasteiger partial charge in [-0.15, -0.1) is 11.6 Å². The summed E-state index contributed by atoms with van der Waals surface area (Å²) in [5.41, 5.74) is 0. The van der Waals surface area contributed by atoms with Crippen molar-refractivity contribution in [2.75, 3.05) is 0 Å². The van der Waals surface area contributed by atoms with Gasteiger partial charge in [0.05, 0.1) is 5.92 Å². The summed E-state index contributed by atoms with van der Waals surface area (Å²) < 4.78 is 38.1. The highest BCUT2D eigenvalue weighted by Crippen LogP contribution is 2.43. The van der Waals surface area contributed by atoms with Gasteiger partial charge < -0.3 is 4.90 Å². The largest absolute Gasteiger partial charge is 0.391 e. The molecule has 1 amide bonds. The van der Waals surface area contributed by atoms with Crippen molar-refractivity contribution in [1.82, 2.24) is 4.90 Å². The number of carbonyl (C=O) groups is 1. The van der Waals surface area contributed by atoms with Gasteiger partial charge in [0.25, 0.3) is 0 Å². The zero-order valence-electron chi connectivity index (χ0n) is 11.9. The third-order valence-corrected chi connectivity index (χ3v) is 5.83. The van der Waals surface area contributed by atoms with Crippen molar-refractivity contribution in [2.24, 2.45) is 11.8 Å². The van der Waals surface area contributed by atoms with Crippen molar-refractivity contribution in [3.8, 4) is 0 Å². The number of nitrogens with zero attached hydrogens (tertiary/aromatic N) is 1. The second-order valence-electron chi connectivity index (χ2n) is 6.79. The summed E-state index contributed by atoms with van der Waals surface area (Å²) in [6.07, 6.45) is 0.511. The van der Waals surface area contributed by atoms with Crippen molar-refractivity contribution in [3.05, 3.63) is 0 Å². The quantitative estimate of drug-likeness (QED) is 0.665. The van der Waals surface area contributed by atoms with Crippen LogP contribution in [-0.4, -0.2) is 34.4 Å². The Morgan fingerprint density at radius 1 is 0.952 bits per heavy atom. The van der Waals surface area contributed by atoms with Crippen LogP contribution in [0.1, 0.15) is 51.4 Å². The van der Waals surface area contributed by atoms with E-state index < -0.39 is 12.1 Å². The van der Waals surface area contributed by atoms with Gasteiger partial charge >= 0.3 is 6.18 Å². The summed E-state index contributed by atoms with van der Waals surface area (Å²) in [4.78, 5) is 14.6. The molecule has 2 heterocycles. The molecule has 21 heavy (non-hydrogen) atoms. The van der Waals surface area contributed by atoms with Crippen LogP contribution < -0.4 is 0 Å². The highest BCUT2D eigenvalue weighted by atomic mass is 35.5. The molecule has 1 aliphatic carbocycles. The van der Waals surface area contributed by atoms with Gasteiger partial charge in [-0.1, -0.05) is 0 Å². The van der Waals surface area contributed by atoms with Gasteiger partial charge in [-0.05, 0) is 51.4 Å². The molecule has 3 fully saturated rings. The van der Waals surface area contributed by atoms with Gasteiger partial charge in [0.1, 0.15) is 0 Å². The lowest BCUT2D eigenvalue weighted by Crippen LogP contribution is -2.50. The number of fused-ring (bicyclic) bond motifs is 2. The van der Waals surface area contributed by atoms with Crippen molar-refractivity contribution in [1.29, 1.82) is 0 Å². The molecule has 0 N–H and O–H groups in total. The summed E-state index contributed by atoms with van der Waals surface area (Å²) in [5, 5.41) is 0.146. The van der Waals surface area contributed by atoms with Crippen LogP contribution >= 0.6 is 11.6 Å². The van der Waals surface area contributed by atoms with E-state index in [1.165, 1.54) is 0 Å². The van der Waals surface area contributed by atoms with Crippen molar-refractivity contribution < 1.29 is 18.0 Å². The fourth-order valence-corrected chi connectivity index (χ4v) is 4.76. The predicted octanol–water partition coefficient (Wildman–Crippen LogP) is 4.12. The molecule has 2 unspecified atom stereocenters. The van der Waals surface area contributed by atoms with E-state index in [-0.39, 0.29) is 42.1 Å². The molecule has 2 atom stereocenters. The maximum atomic E-state index is 12.7. The normalized spacial score (nSPS) is 40.4. The number of hydrogen-bond acceptors (Lipinski definition) is 1. The fourth-order valence-electron chi connectivity index (χ4n) is 4.35. The lowest BCUT2D eigenvalue weighted by Gasteiger charge is -2.40. The number of hydrogen-bond donors (Lipinski definition) is 0. The summed E-state index contributed by atoms with van der Waals surface area (Å²) >= 11 is 6.21. The van der Waals surface area contributed by atoms with Gasteiger partial charge in [-0.25, -0.2) is 0 Å². The second kappa shape index (κ2) is 5.64. The minimum absolute atomic E-state index is 0.0895. The molecule has 2 saturated heterocycles. The van der Waals surface area contributed by atoms with Crippen LogP contribution in [0.3, 0.4) is 0 Å². The van der Waals surface area contributed by atoms with Crippen molar-refractivity contribution >= 4 is 17.5 Å². The highest BCUT2D eigenvalue weighted by Gasteiger charge is 2.47. The Morgan fingerprint density at radius 2 is 1.48 bits per heavy atom. The number of halogens is 4. The molecule has 120 valence electrons. The number of rotatable bonds is 1. The van der Waals surface area contributed by atoms with E-state index >= 15 is 0 Å². The summed E-state index contributed by atoms with van der Waals surface area (Å²) in [7, 11) is 0. The second-order valence-corrected chi connectivity index (χ2v) is 7.41. The Balaban J connectivity index is 1.60. The number of alkyl halides is 4. The van der Waals surface area contributed by atoms with E-state index in [1.807, 2.05) is 4.90 Å². The van der Waals surface area contributed by atoms with Crippen LogP contribution in [0.4, 0.5) is 13.2 Å². The summed E-state index contributed by atoms with van der Waals surface area (Å²) in [6, 6.07) is 0.443. The zero-order chi connectivity index (χ0) is 15.2. The van der Waals surface area contributed by atoms with Crippen LogP contribution in [-0.2, 0) is 4.79 Å². The van der Waals surface area contributed by atoms with Crippen LogP contribution in [0.15, 0.2) is 0 Å². The van der Waals surface area contributed by atoms with E-state index in [2.05, 4.69) is 0 Å². The topological polar surface area (TPSA) is 20.3 Å². The van der Waals surface area contributed by atoms with Crippen molar-refractivity contribution in [2.45, 2.75) is 75.0 Å². The summed E-state index contributed by atoms with van der Waals surface area (Å²) in [5.74, 6) is -1.34. The Bertz CT molecular complexity index is 392. The monoisotopic (exact) mass is 323 g/mol.